The van der Waals surface area contributed by atoms with Gasteiger partial charge >= 0.3 is 5.97 Å². The first-order chi connectivity index (χ1) is 16.3. The first-order valence-corrected chi connectivity index (χ1v) is 13.5. The van der Waals surface area contributed by atoms with Crippen LogP contribution in [0.3, 0.4) is 0 Å². The lowest BCUT2D eigenvalue weighted by molar-refractivity contribution is -0.155. The van der Waals surface area contributed by atoms with Crippen molar-refractivity contribution in [3.05, 3.63) is 12.7 Å². The van der Waals surface area contributed by atoms with Gasteiger partial charge in [-0.1, -0.05) is 35.4 Å². The molecular formula is C25H39BrN2O6. The van der Waals surface area contributed by atoms with Gasteiger partial charge in [0.2, 0.25) is 11.8 Å². The van der Waals surface area contributed by atoms with E-state index in [-0.39, 0.29) is 35.9 Å². The molecule has 3 aliphatic rings. The molecule has 192 valence electrons. The molecule has 34 heavy (non-hydrogen) atoms. The van der Waals surface area contributed by atoms with Gasteiger partial charge in [-0.25, -0.2) is 0 Å². The normalized spacial score (nSPS) is 32.6. The molecule has 2 bridgehead atoms. The molecule has 2 amide bonds. The Labute approximate surface area is 211 Å². The number of amides is 2. The average Bonchev–Trinajstić information content (AvgIpc) is 3.38. The van der Waals surface area contributed by atoms with E-state index >= 15 is 0 Å². The average molecular weight is 543 g/mol. The number of carbonyl (C=O) groups is 3. The van der Waals surface area contributed by atoms with Gasteiger partial charge in [0.15, 0.2) is 0 Å². The number of alkyl halides is 1. The van der Waals surface area contributed by atoms with Crippen molar-refractivity contribution in [2.24, 2.45) is 11.8 Å². The van der Waals surface area contributed by atoms with Crippen LogP contribution in [0.2, 0.25) is 0 Å². The lowest BCUT2D eigenvalue weighted by Gasteiger charge is -2.39. The molecule has 0 saturated carbocycles. The Bertz CT molecular complexity index is 779. The third kappa shape index (κ3) is 4.67. The van der Waals surface area contributed by atoms with Crippen molar-refractivity contribution >= 4 is 33.7 Å². The van der Waals surface area contributed by atoms with Gasteiger partial charge in [0.25, 0.3) is 0 Å². The summed E-state index contributed by atoms with van der Waals surface area (Å²) in [5.41, 5.74) is -1.06. The number of nitrogens with zero attached hydrogens (tertiary/aromatic N) is 2. The van der Waals surface area contributed by atoms with Crippen molar-refractivity contribution in [2.45, 2.75) is 87.9 Å². The van der Waals surface area contributed by atoms with Gasteiger partial charge in [-0.05, 0) is 46.0 Å². The maximum atomic E-state index is 14.2. The lowest BCUT2D eigenvalue weighted by atomic mass is 9.70. The van der Waals surface area contributed by atoms with Crippen molar-refractivity contribution in [1.82, 2.24) is 9.80 Å². The lowest BCUT2D eigenvalue weighted by Crippen LogP contribution is -2.58. The summed E-state index contributed by atoms with van der Waals surface area (Å²) in [6.45, 7) is 10.7. The molecule has 0 radical (unpaired) electrons. The van der Waals surface area contributed by atoms with Crippen LogP contribution in [-0.2, 0) is 23.9 Å². The number of halogens is 1. The van der Waals surface area contributed by atoms with Gasteiger partial charge in [0.05, 0.1) is 24.5 Å². The maximum Gasteiger partial charge on any atom is 0.312 e. The van der Waals surface area contributed by atoms with Crippen LogP contribution in [0.4, 0.5) is 0 Å². The van der Waals surface area contributed by atoms with E-state index < -0.39 is 35.6 Å². The molecule has 3 rings (SSSR count). The van der Waals surface area contributed by atoms with E-state index in [1.807, 2.05) is 6.92 Å². The molecule has 3 aliphatic heterocycles. The number of aliphatic hydroxyl groups excluding tert-OH is 1. The molecular weight excluding hydrogens is 504 g/mol. The molecule has 0 aromatic rings. The van der Waals surface area contributed by atoms with Crippen LogP contribution in [0.15, 0.2) is 12.7 Å². The highest BCUT2D eigenvalue weighted by Crippen LogP contribution is 2.60. The molecule has 9 heteroatoms. The SMILES string of the molecule is C=CCN(C(=O)[C@H]1N(CCCCCO)C(=O)[C@@H]2[C@@H](C(=O)OCC)[C@@H]3O[C@@]21CC3Br)C(C)CCC. The molecule has 3 fully saturated rings. The van der Waals surface area contributed by atoms with Crippen molar-refractivity contribution in [1.29, 1.82) is 0 Å². The number of hydrogen-bond donors (Lipinski definition) is 1. The topological polar surface area (TPSA) is 96.4 Å². The zero-order valence-corrected chi connectivity index (χ0v) is 22.2. The largest absolute Gasteiger partial charge is 0.466 e. The molecule has 1 spiro atoms. The fourth-order valence-electron chi connectivity index (χ4n) is 6.08. The Morgan fingerprint density at radius 1 is 1.38 bits per heavy atom. The van der Waals surface area contributed by atoms with Crippen LogP contribution in [0.5, 0.6) is 0 Å². The summed E-state index contributed by atoms with van der Waals surface area (Å²) in [4.78, 5) is 44.2. The molecule has 3 saturated heterocycles. The van der Waals surface area contributed by atoms with E-state index in [0.717, 1.165) is 19.3 Å². The van der Waals surface area contributed by atoms with Crippen molar-refractivity contribution in [3.63, 3.8) is 0 Å². The fraction of sp³-hybridized carbons (Fsp3) is 0.800. The Morgan fingerprint density at radius 3 is 2.74 bits per heavy atom. The number of esters is 1. The minimum atomic E-state index is -1.06. The highest BCUT2D eigenvalue weighted by Gasteiger charge is 2.77. The third-order valence-electron chi connectivity index (χ3n) is 7.49. The first-order valence-electron chi connectivity index (χ1n) is 12.6. The molecule has 0 aromatic carbocycles. The first kappa shape index (κ1) is 27.1. The summed E-state index contributed by atoms with van der Waals surface area (Å²) in [5.74, 6) is -2.26. The number of hydrogen-bond acceptors (Lipinski definition) is 6. The van der Waals surface area contributed by atoms with Crippen LogP contribution in [0.1, 0.15) is 59.3 Å². The minimum absolute atomic E-state index is 0.0171. The van der Waals surface area contributed by atoms with Crippen LogP contribution >= 0.6 is 15.9 Å². The summed E-state index contributed by atoms with van der Waals surface area (Å²) in [6, 6.07) is -0.820. The number of aliphatic hydroxyl groups is 1. The summed E-state index contributed by atoms with van der Waals surface area (Å²) in [6.07, 6.45) is 5.50. The molecule has 1 N–H and O–H groups in total. The van der Waals surface area contributed by atoms with E-state index in [1.54, 1.807) is 22.8 Å². The molecule has 0 aromatic heterocycles. The number of carbonyl (C=O) groups excluding carboxylic acids is 3. The number of rotatable bonds is 13. The van der Waals surface area contributed by atoms with Gasteiger partial charge in [-0.2, -0.15) is 0 Å². The van der Waals surface area contributed by atoms with Crippen molar-refractivity contribution in [3.8, 4) is 0 Å². The van der Waals surface area contributed by atoms with Crippen LogP contribution < -0.4 is 0 Å². The molecule has 2 unspecified atom stereocenters. The van der Waals surface area contributed by atoms with E-state index in [2.05, 4.69) is 29.4 Å². The number of unbranched alkanes of at least 4 members (excludes halogenated alkanes) is 2. The van der Waals surface area contributed by atoms with Crippen LogP contribution in [0, 0.1) is 11.8 Å². The highest BCUT2D eigenvalue weighted by atomic mass is 79.9. The van der Waals surface area contributed by atoms with E-state index in [4.69, 9.17) is 14.6 Å². The summed E-state index contributed by atoms with van der Waals surface area (Å²) < 4.78 is 11.8. The second-order valence-corrected chi connectivity index (χ2v) is 10.8. The molecule has 8 nitrogen and oxygen atoms in total. The van der Waals surface area contributed by atoms with Gasteiger partial charge in [-0.3, -0.25) is 14.4 Å². The van der Waals surface area contributed by atoms with Gasteiger partial charge < -0.3 is 24.4 Å². The van der Waals surface area contributed by atoms with Crippen molar-refractivity contribution < 1.29 is 29.0 Å². The Balaban J connectivity index is 2.01. The standard InChI is InChI=1S/C25H39BrN2O6/c1-5-11-16(4)27(12-6-2)23(31)21-25-15-17(26)20(34-25)18(24(32)33-7-3)19(25)22(30)28(21)13-9-8-10-14-29/h6,16-21,29H,2,5,7-15H2,1,3-4H3/t16?,17?,18-,19+,20-,21-,25+/m1/s1. The van der Waals surface area contributed by atoms with E-state index in [0.29, 0.717) is 32.4 Å². The predicted molar refractivity (Wildman–Crippen MR) is 131 cm³/mol. The van der Waals surface area contributed by atoms with Gasteiger partial charge in [-0.15, -0.1) is 6.58 Å². The summed E-state index contributed by atoms with van der Waals surface area (Å²) in [5, 5.41) is 9.16. The van der Waals surface area contributed by atoms with Gasteiger partial charge in [0.1, 0.15) is 11.6 Å². The second kappa shape index (κ2) is 11.5. The van der Waals surface area contributed by atoms with Gasteiger partial charge in [0, 0.05) is 30.6 Å². The summed E-state index contributed by atoms with van der Waals surface area (Å²) in [7, 11) is 0. The Hall–Kier alpha value is -1.45. The quantitative estimate of drug-likeness (QED) is 0.166. The number of ether oxygens (including phenoxy) is 2. The zero-order valence-electron chi connectivity index (χ0n) is 20.6. The smallest absolute Gasteiger partial charge is 0.312 e. The third-order valence-corrected chi connectivity index (χ3v) is 8.33. The summed E-state index contributed by atoms with van der Waals surface area (Å²) >= 11 is 3.67. The second-order valence-electron chi connectivity index (χ2n) is 9.65. The predicted octanol–water partition coefficient (Wildman–Crippen LogP) is 2.66. The van der Waals surface area contributed by atoms with Crippen LogP contribution in [0.25, 0.3) is 0 Å². The molecule has 3 heterocycles. The zero-order chi connectivity index (χ0) is 25.0. The maximum absolute atomic E-state index is 14.2. The molecule has 7 atom stereocenters. The Morgan fingerprint density at radius 2 is 2.12 bits per heavy atom. The fourth-order valence-corrected chi connectivity index (χ4v) is 7.03. The van der Waals surface area contributed by atoms with Crippen molar-refractivity contribution in [2.75, 3.05) is 26.3 Å². The molecule has 0 aliphatic carbocycles. The number of fused-ring (bicyclic) bond motifs is 1. The highest BCUT2D eigenvalue weighted by molar-refractivity contribution is 9.09. The number of likely N-dealkylation sites (tertiary alicyclic amines) is 1. The van der Waals surface area contributed by atoms with Crippen LogP contribution in [-0.4, -0.2) is 87.6 Å². The van der Waals surface area contributed by atoms with E-state index in [9.17, 15) is 14.4 Å². The Kier molecular flexibility index (Phi) is 9.20. The monoisotopic (exact) mass is 542 g/mol. The van der Waals surface area contributed by atoms with E-state index in [1.165, 1.54) is 0 Å². The minimum Gasteiger partial charge on any atom is -0.466 e.